The van der Waals surface area contributed by atoms with Crippen molar-refractivity contribution in [3.63, 3.8) is 0 Å². The summed E-state index contributed by atoms with van der Waals surface area (Å²) in [5.41, 5.74) is 3.88. The van der Waals surface area contributed by atoms with Gasteiger partial charge in [-0.2, -0.15) is 4.31 Å². The van der Waals surface area contributed by atoms with Gasteiger partial charge >= 0.3 is 5.97 Å². The van der Waals surface area contributed by atoms with Crippen molar-refractivity contribution >= 4 is 27.6 Å². The molecule has 0 saturated carbocycles. The van der Waals surface area contributed by atoms with Crippen molar-refractivity contribution in [3.8, 4) is 0 Å². The minimum atomic E-state index is -3.69. The maximum atomic E-state index is 13.4. The second-order valence-corrected chi connectivity index (χ2v) is 10.5. The standard InChI is InChI=1S/C25H32N2O5S/c1-5-32-23(28)15-20-8-10-22(11-9-20)26-25(29)21-7-6-12-27(16-21)33(30,31)24-18(3)13-17(2)14-19(24)4/h8-11,13-14,21H,5-7,12,15-16H2,1-4H3,(H,26,29)/t21-/m1/s1. The molecule has 1 amide bonds. The quantitative estimate of drug-likeness (QED) is 0.620. The number of rotatable bonds is 7. The fourth-order valence-electron chi connectivity index (χ4n) is 4.41. The fraction of sp³-hybridized carbons (Fsp3) is 0.440. The number of aryl methyl sites for hydroxylation is 3. The van der Waals surface area contributed by atoms with Crippen LogP contribution >= 0.6 is 0 Å². The van der Waals surface area contributed by atoms with Crippen LogP contribution in [0.5, 0.6) is 0 Å². The lowest BCUT2D eigenvalue weighted by Crippen LogP contribution is -2.44. The summed E-state index contributed by atoms with van der Waals surface area (Å²) >= 11 is 0. The number of ether oxygens (including phenoxy) is 1. The first-order valence-electron chi connectivity index (χ1n) is 11.2. The van der Waals surface area contributed by atoms with E-state index in [1.54, 1.807) is 31.2 Å². The lowest BCUT2D eigenvalue weighted by molar-refractivity contribution is -0.142. The van der Waals surface area contributed by atoms with Crippen LogP contribution in [-0.4, -0.2) is 44.3 Å². The summed E-state index contributed by atoms with van der Waals surface area (Å²) in [5.74, 6) is -0.930. The zero-order valence-corrected chi connectivity index (χ0v) is 20.5. The van der Waals surface area contributed by atoms with Gasteiger partial charge in [0.15, 0.2) is 0 Å². The second-order valence-electron chi connectivity index (χ2n) is 8.60. The van der Waals surface area contributed by atoms with Crippen molar-refractivity contribution in [1.29, 1.82) is 0 Å². The Morgan fingerprint density at radius 3 is 2.33 bits per heavy atom. The molecule has 1 aliphatic rings. The Labute approximate surface area is 196 Å². The Kier molecular flexibility index (Phi) is 7.92. The summed E-state index contributed by atoms with van der Waals surface area (Å²) in [6.45, 7) is 8.23. The molecule has 7 nitrogen and oxygen atoms in total. The average molecular weight is 473 g/mol. The SMILES string of the molecule is CCOC(=O)Cc1ccc(NC(=O)[C@@H]2CCCN(S(=O)(=O)c3c(C)cc(C)cc3C)C2)cc1. The maximum absolute atomic E-state index is 13.4. The van der Waals surface area contributed by atoms with E-state index in [-0.39, 0.29) is 24.8 Å². The van der Waals surface area contributed by atoms with Gasteiger partial charge in [0.25, 0.3) is 0 Å². The molecule has 0 aliphatic carbocycles. The average Bonchev–Trinajstić information content (AvgIpc) is 2.74. The van der Waals surface area contributed by atoms with Gasteiger partial charge in [-0.25, -0.2) is 8.42 Å². The highest BCUT2D eigenvalue weighted by atomic mass is 32.2. The smallest absolute Gasteiger partial charge is 0.310 e. The summed E-state index contributed by atoms with van der Waals surface area (Å²) in [5, 5.41) is 2.88. The molecule has 0 radical (unpaired) electrons. The van der Waals surface area contributed by atoms with Crippen LogP contribution in [0.25, 0.3) is 0 Å². The molecule has 1 atom stereocenters. The number of esters is 1. The first kappa shape index (κ1) is 24.9. The molecule has 0 spiro atoms. The van der Waals surface area contributed by atoms with Crippen LogP contribution in [0.15, 0.2) is 41.3 Å². The topological polar surface area (TPSA) is 92.8 Å². The number of benzene rings is 2. The zero-order valence-electron chi connectivity index (χ0n) is 19.7. The molecule has 1 heterocycles. The van der Waals surface area contributed by atoms with Crippen LogP contribution in [0.1, 0.15) is 42.0 Å². The molecule has 1 aliphatic heterocycles. The van der Waals surface area contributed by atoms with Crippen molar-refractivity contribution in [2.75, 3.05) is 25.0 Å². The maximum Gasteiger partial charge on any atom is 0.310 e. The summed E-state index contributed by atoms with van der Waals surface area (Å²) in [6, 6.07) is 10.8. The minimum Gasteiger partial charge on any atom is -0.466 e. The van der Waals surface area contributed by atoms with Crippen molar-refractivity contribution in [3.05, 3.63) is 58.7 Å². The Balaban J connectivity index is 1.68. The molecule has 0 unspecified atom stereocenters. The number of hydrogen-bond donors (Lipinski definition) is 1. The van der Waals surface area contributed by atoms with Crippen LogP contribution in [0.4, 0.5) is 5.69 Å². The number of hydrogen-bond acceptors (Lipinski definition) is 5. The molecule has 2 aromatic rings. The molecule has 0 aromatic heterocycles. The molecule has 33 heavy (non-hydrogen) atoms. The lowest BCUT2D eigenvalue weighted by Gasteiger charge is -2.32. The van der Waals surface area contributed by atoms with Gasteiger partial charge in [-0.3, -0.25) is 9.59 Å². The fourth-order valence-corrected chi connectivity index (χ4v) is 6.34. The molecule has 178 valence electrons. The van der Waals surface area contributed by atoms with E-state index in [9.17, 15) is 18.0 Å². The molecular weight excluding hydrogens is 440 g/mol. The highest BCUT2D eigenvalue weighted by molar-refractivity contribution is 7.89. The van der Waals surface area contributed by atoms with Gasteiger partial charge in [0.1, 0.15) is 0 Å². The molecule has 0 bridgehead atoms. The number of amides is 1. The largest absolute Gasteiger partial charge is 0.466 e. The van der Waals surface area contributed by atoms with Crippen LogP contribution in [0.3, 0.4) is 0 Å². The van der Waals surface area contributed by atoms with Crippen LogP contribution in [-0.2, 0) is 30.8 Å². The molecule has 2 aromatic carbocycles. The minimum absolute atomic E-state index is 0.155. The van der Waals surface area contributed by atoms with Gasteiger partial charge in [-0.15, -0.1) is 0 Å². The van der Waals surface area contributed by atoms with E-state index < -0.39 is 15.9 Å². The summed E-state index contributed by atoms with van der Waals surface area (Å²) in [7, 11) is -3.69. The Hall–Kier alpha value is -2.71. The van der Waals surface area contributed by atoms with Crippen molar-refractivity contribution in [2.45, 2.75) is 51.9 Å². The van der Waals surface area contributed by atoms with Gasteiger partial charge in [0.2, 0.25) is 15.9 Å². The van der Waals surface area contributed by atoms with Gasteiger partial charge in [0, 0.05) is 18.8 Å². The Morgan fingerprint density at radius 1 is 1.09 bits per heavy atom. The highest BCUT2D eigenvalue weighted by Crippen LogP contribution is 2.29. The molecule has 8 heteroatoms. The number of carbonyl (C=O) groups excluding carboxylic acids is 2. The van der Waals surface area contributed by atoms with Gasteiger partial charge in [-0.05, 0) is 69.4 Å². The third kappa shape index (κ3) is 6.00. The predicted octanol–water partition coefficient (Wildman–Crippen LogP) is 3.76. The molecular formula is C25H32N2O5S. The third-order valence-electron chi connectivity index (χ3n) is 5.83. The van der Waals surface area contributed by atoms with Crippen molar-refractivity contribution in [2.24, 2.45) is 5.92 Å². The highest BCUT2D eigenvalue weighted by Gasteiger charge is 2.34. The van der Waals surface area contributed by atoms with Gasteiger partial charge in [0.05, 0.1) is 23.8 Å². The van der Waals surface area contributed by atoms with E-state index >= 15 is 0 Å². The monoisotopic (exact) mass is 472 g/mol. The summed E-state index contributed by atoms with van der Waals surface area (Å²) in [4.78, 5) is 24.8. The summed E-state index contributed by atoms with van der Waals surface area (Å²) < 4.78 is 33.2. The normalized spacial score (nSPS) is 16.9. The van der Waals surface area contributed by atoms with Crippen LogP contribution < -0.4 is 5.32 Å². The molecule has 3 rings (SSSR count). The predicted molar refractivity (Wildman–Crippen MR) is 128 cm³/mol. The number of sulfonamides is 1. The number of nitrogens with one attached hydrogen (secondary N) is 1. The molecule has 1 N–H and O–H groups in total. The van der Waals surface area contributed by atoms with E-state index in [1.165, 1.54) is 4.31 Å². The summed E-state index contributed by atoms with van der Waals surface area (Å²) in [6.07, 6.45) is 1.43. The first-order chi connectivity index (χ1) is 15.6. The molecule has 1 fully saturated rings. The lowest BCUT2D eigenvalue weighted by atomic mass is 9.98. The van der Waals surface area contributed by atoms with E-state index in [1.807, 2.05) is 32.9 Å². The number of piperidine rings is 1. The van der Waals surface area contributed by atoms with Crippen LogP contribution in [0, 0.1) is 26.7 Å². The molecule has 1 saturated heterocycles. The Morgan fingerprint density at radius 2 is 1.73 bits per heavy atom. The Bertz CT molecular complexity index is 1100. The first-order valence-corrected chi connectivity index (χ1v) is 12.7. The number of carbonyl (C=O) groups is 2. The van der Waals surface area contributed by atoms with Gasteiger partial charge < -0.3 is 10.1 Å². The van der Waals surface area contributed by atoms with E-state index in [0.717, 1.165) is 22.3 Å². The third-order valence-corrected chi connectivity index (χ3v) is 8.00. The van der Waals surface area contributed by atoms with Gasteiger partial charge in [-0.1, -0.05) is 29.8 Å². The second kappa shape index (κ2) is 10.5. The van der Waals surface area contributed by atoms with E-state index in [2.05, 4.69) is 5.32 Å². The van der Waals surface area contributed by atoms with E-state index in [4.69, 9.17) is 4.74 Å². The number of nitrogens with zero attached hydrogens (tertiary/aromatic N) is 1. The number of anilines is 1. The van der Waals surface area contributed by atoms with Crippen molar-refractivity contribution < 1.29 is 22.7 Å². The zero-order chi connectivity index (χ0) is 24.2. The van der Waals surface area contributed by atoms with E-state index in [0.29, 0.717) is 36.6 Å². The van der Waals surface area contributed by atoms with Crippen LogP contribution in [0.2, 0.25) is 0 Å². The van der Waals surface area contributed by atoms with Crippen molar-refractivity contribution in [1.82, 2.24) is 4.31 Å².